The van der Waals surface area contributed by atoms with E-state index in [-0.39, 0.29) is 36.9 Å². The third-order valence-corrected chi connectivity index (χ3v) is 3.88. The minimum atomic E-state index is -3.01. The molecule has 0 radical (unpaired) electrons. The Bertz CT molecular complexity index is 607. The van der Waals surface area contributed by atoms with Gasteiger partial charge in [0.1, 0.15) is 11.8 Å². The molecular weight excluding hydrogens is 336 g/mol. The van der Waals surface area contributed by atoms with Crippen molar-refractivity contribution >= 4 is 11.8 Å². The number of hydrogen-bond donors (Lipinski definition) is 1. The van der Waals surface area contributed by atoms with E-state index in [4.69, 9.17) is 10.5 Å². The molecule has 0 saturated carbocycles. The molecule has 138 valence electrons. The summed E-state index contributed by atoms with van der Waals surface area (Å²) in [6, 6.07) is 5.11. The second-order valence-corrected chi connectivity index (χ2v) is 5.55. The molecule has 1 aliphatic rings. The van der Waals surface area contributed by atoms with Gasteiger partial charge in [-0.2, -0.15) is 8.78 Å². The predicted octanol–water partition coefficient (Wildman–Crippen LogP) is 0.546. The molecule has 7 nitrogen and oxygen atoms in total. The van der Waals surface area contributed by atoms with Crippen LogP contribution in [-0.4, -0.2) is 74.2 Å². The molecule has 2 N–H and O–H groups in total. The van der Waals surface area contributed by atoms with Gasteiger partial charge in [0.25, 0.3) is 5.91 Å². The van der Waals surface area contributed by atoms with Crippen molar-refractivity contribution in [3.05, 3.63) is 29.8 Å². The molecule has 9 heteroatoms. The fraction of sp³-hybridized carbons (Fsp3) is 0.500. The topological polar surface area (TPSA) is 85.1 Å². The first kappa shape index (κ1) is 19.1. The van der Waals surface area contributed by atoms with E-state index in [1.807, 2.05) is 0 Å². The molecule has 2 rings (SSSR count). The molecule has 1 aliphatic heterocycles. The highest BCUT2D eigenvalue weighted by Gasteiger charge is 2.28. The maximum absolute atomic E-state index is 12.6. The zero-order chi connectivity index (χ0) is 18.4. The second kappa shape index (κ2) is 8.72. The highest BCUT2D eigenvalue weighted by molar-refractivity contribution is 5.97. The van der Waals surface area contributed by atoms with Crippen LogP contribution in [0.4, 0.5) is 8.78 Å². The Labute approximate surface area is 144 Å². The summed E-state index contributed by atoms with van der Waals surface area (Å²) in [4.78, 5) is 27.8. The summed E-state index contributed by atoms with van der Waals surface area (Å²) < 4.78 is 34.2. The molecule has 0 aliphatic carbocycles. The van der Waals surface area contributed by atoms with Gasteiger partial charge in [0, 0.05) is 33.3 Å². The smallest absolute Gasteiger partial charge is 0.387 e. The van der Waals surface area contributed by atoms with E-state index < -0.39 is 18.6 Å². The number of nitrogens with two attached hydrogens (primary N) is 1. The first-order valence-corrected chi connectivity index (χ1v) is 7.80. The molecule has 0 spiro atoms. The average Bonchev–Trinajstić information content (AvgIpc) is 2.61. The summed E-state index contributed by atoms with van der Waals surface area (Å²) in [5, 5.41) is 0. The third kappa shape index (κ3) is 4.86. The number of para-hydroxylation sites is 1. The lowest BCUT2D eigenvalue weighted by molar-refractivity contribution is -0.135. The molecule has 1 saturated heterocycles. The highest BCUT2D eigenvalue weighted by atomic mass is 19.3. The first-order chi connectivity index (χ1) is 11.9. The van der Waals surface area contributed by atoms with Gasteiger partial charge in [-0.15, -0.1) is 0 Å². The van der Waals surface area contributed by atoms with E-state index in [0.717, 1.165) is 0 Å². The highest BCUT2D eigenvalue weighted by Crippen LogP contribution is 2.22. The molecule has 0 aromatic heterocycles. The number of carbonyl (C=O) groups excluding carboxylic acids is 2. The van der Waals surface area contributed by atoms with Crippen molar-refractivity contribution in [3.8, 4) is 5.75 Å². The fourth-order valence-corrected chi connectivity index (χ4v) is 2.63. The Balaban J connectivity index is 1.99. The van der Waals surface area contributed by atoms with Gasteiger partial charge in [-0.05, 0) is 12.1 Å². The van der Waals surface area contributed by atoms with Crippen LogP contribution in [0.25, 0.3) is 0 Å². The standard InChI is InChI=1S/C16H21F2N3O4/c1-24-10-12(19)15(23)21-8-6-20(7-9-21)14(22)11-4-2-3-5-13(11)25-16(17)18/h2-5,12,16H,6-10,19H2,1H3. The molecule has 0 bridgehead atoms. The molecule has 1 heterocycles. The Kier molecular flexibility index (Phi) is 6.65. The van der Waals surface area contributed by atoms with Crippen LogP contribution in [0.5, 0.6) is 5.75 Å². The maximum Gasteiger partial charge on any atom is 0.387 e. The Morgan fingerprint density at radius 2 is 1.76 bits per heavy atom. The molecule has 1 aromatic carbocycles. The van der Waals surface area contributed by atoms with Crippen molar-refractivity contribution in [3.63, 3.8) is 0 Å². The minimum Gasteiger partial charge on any atom is -0.434 e. The number of methoxy groups -OCH3 is 1. The van der Waals surface area contributed by atoms with Crippen molar-refractivity contribution in [2.45, 2.75) is 12.7 Å². The summed E-state index contributed by atoms with van der Waals surface area (Å²) in [5.41, 5.74) is 5.79. The van der Waals surface area contributed by atoms with Crippen LogP contribution in [0.3, 0.4) is 0 Å². The predicted molar refractivity (Wildman–Crippen MR) is 85.4 cm³/mol. The van der Waals surface area contributed by atoms with Crippen LogP contribution in [0, 0.1) is 0 Å². The minimum absolute atomic E-state index is 0.0682. The van der Waals surface area contributed by atoms with Gasteiger partial charge in [0.05, 0.1) is 12.2 Å². The first-order valence-electron chi connectivity index (χ1n) is 7.80. The van der Waals surface area contributed by atoms with Gasteiger partial charge in [0.15, 0.2) is 0 Å². The van der Waals surface area contributed by atoms with Crippen LogP contribution in [0.1, 0.15) is 10.4 Å². The van der Waals surface area contributed by atoms with Crippen molar-refractivity contribution in [2.75, 3.05) is 39.9 Å². The fourth-order valence-electron chi connectivity index (χ4n) is 2.63. The van der Waals surface area contributed by atoms with E-state index in [1.165, 1.54) is 30.2 Å². The van der Waals surface area contributed by atoms with Gasteiger partial charge in [-0.25, -0.2) is 0 Å². The van der Waals surface area contributed by atoms with Crippen LogP contribution >= 0.6 is 0 Å². The third-order valence-electron chi connectivity index (χ3n) is 3.88. The van der Waals surface area contributed by atoms with Crippen LogP contribution in [0.2, 0.25) is 0 Å². The lowest BCUT2D eigenvalue weighted by Crippen LogP contribution is -2.55. The van der Waals surface area contributed by atoms with E-state index in [9.17, 15) is 18.4 Å². The average molecular weight is 357 g/mol. The quantitative estimate of drug-likeness (QED) is 0.804. The van der Waals surface area contributed by atoms with Crippen LogP contribution in [-0.2, 0) is 9.53 Å². The largest absolute Gasteiger partial charge is 0.434 e. The summed E-state index contributed by atoms with van der Waals surface area (Å²) in [6.45, 7) is -1.68. The summed E-state index contributed by atoms with van der Waals surface area (Å²) in [5.74, 6) is -0.817. The number of benzene rings is 1. The monoisotopic (exact) mass is 357 g/mol. The zero-order valence-electron chi connectivity index (χ0n) is 13.9. The molecule has 1 fully saturated rings. The van der Waals surface area contributed by atoms with Crippen LogP contribution in [0.15, 0.2) is 24.3 Å². The number of hydrogen-bond acceptors (Lipinski definition) is 5. The number of nitrogens with zero attached hydrogens (tertiary/aromatic N) is 2. The lowest BCUT2D eigenvalue weighted by Gasteiger charge is -2.36. The summed E-state index contributed by atoms with van der Waals surface area (Å²) in [7, 11) is 1.46. The number of alkyl halides is 2. The van der Waals surface area contributed by atoms with Gasteiger partial charge < -0.3 is 25.0 Å². The van der Waals surface area contributed by atoms with Crippen molar-refractivity contribution in [1.29, 1.82) is 0 Å². The van der Waals surface area contributed by atoms with Gasteiger partial charge >= 0.3 is 6.61 Å². The lowest BCUT2D eigenvalue weighted by atomic mass is 10.1. The number of carbonyl (C=O) groups is 2. The summed E-state index contributed by atoms with van der Waals surface area (Å²) in [6.07, 6.45) is 0. The normalized spacial score (nSPS) is 16.0. The molecule has 25 heavy (non-hydrogen) atoms. The number of halogens is 2. The molecule has 2 amide bonds. The Hall–Kier alpha value is -2.26. The molecular formula is C16H21F2N3O4. The second-order valence-electron chi connectivity index (χ2n) is 5.55. The van der Waals surface area contributed by atoms with E-state index >= 15 is 0 Å². The summed E-state index contributed by atoms with van der Waals surface area (Å²) >= 11 is 0. The molecule has 1 unspecified atom stereocenters. The Morgan fingerprint density at radius 3 is 2.36 bits per heavy atom. The van der Waals surface area contributed by atoms with E-state index in [1.54, 1.807) is 11.0 Å². The van der Waals surface area contributed by atoms with Gasteiger partial charge in [-0.3, -0.25) is 9.59 Å². The SMILES string of the molecule is COCC(N)C(=O)N1CCN(C(=O)c2ccccc2OC(F)F)CC1. The maximum atomic E-state index is 12.6. The van der Waals surface area contributed by atoms with Crippen LogP contribution < -0.4 is 10.5 Å². The van der Waals surface area contributed by atoms with Gasteiger partial charge in [-0.1, -0.05) is 12.1 Å². The Morgan fingerprint density at radius 1 is 1.16 bits per heavy atom. The van der Waals surface area contributed by atoms with E-state index in [2.05, 4.69) is 4.74 Å². The number of amides is 2. The number of ether oxygens (including phenoxy) is 2. The number of piperazine rings is 1. The van der Waals surface area contributed by atoms with Crippen molar-refractivity contribution in [2.24, 2.45) is 5.73 Å². The van der Waals surface area contributed by atoms with Crippen molar-refractivity contribution in [1.82, 2.24) is 9.80 Å². The number of rotatable bonds is 6. The van der Waals surface area contributed by atoms with E-state index in [0.29, 0.717) is 13.1 Å². The molecule has 1 aromatic rings. The molecule has 1 atom stereocenters. The van der Waals surface area contributed by atoms with Gasteiger partial charge in [0.2, 0.25) is 5.91 Å². The zero-order valence-corrected chi connectivity index (χ0v) is 13.9. The van der Waals surface area contributed by atoms with Crippen molar-refractivity contribution < 1.29 is 27.8 Å².